The van der Waals surface area contributed by atoms with Crippen LogP contribution in [0.4, 0.5) is 11.6 Å². The minimum atomic E-state index is 0.246. The highest BCUT2D eigenvalue weighted by atomic mass is 32.1. The van der Waals surface area contributed by atoms with E-state index in [9.17, 15) is 5.11 Å². The third kappa shape index (κ3) is 7.02. The number of hydrogen-bond acceptors (Lipinski definition) is 5. The van der Waals surface area contributed by atoms with Crippen LogP contribution in [-0.2, 0) is 6.42 Å². The zero-order valence-corrected chi connectivity index (χ0v) is 19.5. The highest BCUT2D eigenvalue weighted by Crippen LogP contribution is 2.16. The van der Waals surface area contributed by atoms with E-state index >= 15 is 0 Å². The molecule has 1 aromatic heterocycles. The number of rotatable bonds is 5. The highest BCUT2D eigenvalue weighted by Gasteiger charge is 2.08. The fourth-order valence-corrected chi connectivity index (χ4v) is 3.38. The number of nitrogens with one attached hydrogen (secondary N) is 3. The van der Waals surface area contributed by atoms with Crippen molar-refractivity contribution in [3.63, 3.8) is 0 Å². The Kier molecular flexibility index (Phi) is 7.72. The number of aromatic hydroxyl groups is 1. The molecule has 166 valence electrons. The van der Waals surface area contributed by atoms with Gasteiger partial charge in [0.05, 0.1) is 0 Å². The van der Waals surface area contributed by atoms with E-state index in [-0.39, 0.29) is 5.75 Å². The molecule has 8 heteroatoms. The van der Waals surface area contributed by atoms with Crippen LogP contribution in [0.2, 0.25) is 0 Å². The lowest BCUT2D eigenvalue weighted by molar-refractivity contribution is 0.475. The van der Waals surface area contributed by atoms with Gasteiger partial charge in [0.2, 0.25) is 11.9 Å². The molecule has 0 saturated carbocycles. The van der Waals surface area contributed by atoms with Gasteiger partial charge in [-0.1, -0.05) is 29.8 Å². The van der Waals surface area contributed by atoms with Gasteiger partial charge in [0.25, 0.3) is 0 Å². The fourth-order valence-electron chi connectivity index (χ4n) is 3.17. The van der Waals surface area contributed by atoms with E-state index in [4.69, 9.17) is 12.2 Å². The van der Waals surface area contributed by atoms with Gasteiger partial charge in [0, 0.05) is 23.6 Å². The molecule has 0 atom stereocenters. The lowest BCUT2D eigenvalue weighted by atomic mass is 10.1. The van der Waals surface area contributed by atoms with Gasteiger partial charge < -0.3 is 15.7 Å². The molecule has 0 bridgehead atoms. The van der Waals surface area contributed by atoms with Crippen molar-refractivity contribution in [3.05, 3.63) is 76.6 Å². The lowest BCUT2D eigenvalue weighted by Gasteiger charge is -2.15. The van der Waals surface area contributed by atoms with Gasteiger partial charge in [-0.2, -0.15) is 0 Å². The van der Waals surface area contributed by atoms with Gasteiger partial charge in [0.15, 0.2) is 5.11 Å². The second kappa shape index (κ2) is 10.7. The van der Waals surface area contributed by atoms with Crippen molar-refractivity contribution in [2.24, 2.45) is 4.99 Å². The predicted molar refractivity (Wildman–Crippen MR) is 135 cm³/mol. The van der Waals surface area contributed by atoms with Crippen molar-refractivity contribution in [1.82, 2.24) is 15.3 Å². The largest absolute Gasteiger partial charge is 0.508 e. The number of nitrogens with zero attached hydrogens (tertiary/aromatic N) is 3. The van der Waals surface area contributed by atoms with Crippen LogP contribution in [0.15, 0.2) is 53.5 Å². The van der Waals surface area contributed by atoms with Crippen molar-refractivity contribution in [2.75, 3.05) is 17.2 Å². The van der Waals surface area contributed by atoms with Crippen LogP contribution in [-0.4, -0.2) is 32.7 Å². The molecule has 0 aliphatic carbocycles. The molecule has 2 aromatic carbocycles. The van der Waals surface area contributed by atoms with E-state index in [2.05, 4.69) is 43.9 Å². The molecule has 32 heavy (non-hydrogen) atoms. The third-order valence-corrected chi connectivity index (χ3v) is 4.89. The van der Waals surface area contributed by atoms with Gasteiger partial charge in [-0.05, 0) is 81.7 Å². The third-order valence-electron chi connectivity index (χ3n) is 4.68. The Morgan fingerprint density at radius 2 is 1.62 bits per heavy atom. The minimum Gasteiger partial charge on any atom is -0.508 e. The first-order valence-corrected chi connectivity index (χ1v) is 10.8. The zero-order valence-electron chi connectivity index (χ0n) is 18.7. The van der Waals surface area contributed by atoms with Crippen molar-refractivity contribution in [2.45, 2.75) is 34.1 Å². The predicted octanol–water partition coefficient (Wildman–Crippen LogP) is 4.41. The molecule has 3 rings (SSSR count). The molecule has 1 heterocycles. The quantitative estimate of drug-likeness (QED) is 0.261. The van der Waals surface area contributed by atoms with Gasteiger partial charge in [-0.3, -0.25) is 10.3 Å². The molecule has 0 spiro atoms. The summed E-state index contributed by atoms with van der Waals surface area (Å²) in [7, 11) is 0. The van der Waals surface area contributed by atoms with Crippen LogP contribution < -0.4 is 16.0 Å². The Balaban J connectivity index is 1.73. The van der Waals surface area contributed by atoms with Crippen molar-refractivity contribution >= 4 is 34.9 Å². The number of aliphatic imine (C=N–C) groups is 1. The van der Waals surface area contributed by atoms with Crippen LogP contribution in [0.3, 0.4) is 0 Å². The Bertz CT molecular complexity index is 1110. The minimum absolute atomic E-state index is 0.246. The first-order chi connectivity index (χ1) is 15.3. The smallest absolute Gasteiger partial charge is 0.229 e. The van der Waals surface area contributed by atoms with E-state index in [0.29, 0.717) is 30.0 Å². The molecule has 0 fully saturated rings. The second-order valence-corrected chi connectivity index (χ2v) is 8.05. The maximum atomic E-state index is 9.45. The molecular formula is C24H28N6OS. The monoisotopic (exact) mass is 448 g/mol. The molecule has 0 saturated heterocycles. The normalized spacial score (nSPS) is 11.2. The van der Waals surface area contributed by atoms with E-state index in [1.54, 1.807) is 12.1 Å². The summed E-state index contributed by atoms with van der Waals surface area (Å²) in [4.78, 5) is 13.5. The topological polar surface area (TPSA) is 94.5 Å². The average Bonchev–Trinajstić information content (AvgIpc) is 2.71. The van der Waals surface area contributed by atoms with Crippen LogP contribution >= 0.6 is 12.2 Å². The molecule has 0 aliphatic heterocycles. The van der Waals surface area contributed by atoms with E-state index in [0.717, 1.165) is 28.2 Å². The number of anilines is 2. The Morgan fingerprint density at radius 3 is 2.28 bits per heavy atom. The summed E-state index contributed by atoms with van der Waals surface area (Å²) < 4.78 is 0. The number of aromatic nitrogens is 2. The summed E-state index contributed by atoms with van der Waals surface area (Å²) in [5, 5.41) is 19.4. The number of phenols is 1. The Hall–Kier alpha value is -3.52. The lowest BCUT2D eigenvalue weighted by Crippen LogP contribution is -2.39. The SMILES string of the molecule is Cc1ccc(NC(=S)NC(=NCCc2ccc(O)cc2)Nc2nc(C)cc(C)n2)c(C)c1. The molecule has 0 amide bonds. The number of hydrogen-bond donors (Lipinski definition) is 4. The molecule has 7 nitrogen and oxygen atoms in total. The average molecular weight is 449 g/mol. The first kappa shape index (κ1) is 23.1. The van der Waals surface area contributed by atoms with Crippen molar-refractivity contribution in [1.29, 1.82) is 0 Å². The summed E-state index contributed by atoms with van der Waals surface area (Å²) in [5.74, 6) is 1.15. The number of thiocarbonyl (C=S) groups is 1. The van der Waals surface area contributed by atoms with Crippen LogP contribution in [0.25, 0.3) is 0 Å². The van der Waals surface area contributed by atoms with Crippen LogP contribution in [0.5, 0.6) is 5.75 Å². The standard InChI is InChI=1S/C24H28N6OS/c1-15-5-10-21(16(2)13-15)28-24(32)30-22(29-23-26-17(3)14-18(4)27-23)25-12-11-19-6-8-20(31)9-7-19/h5-10,13-14,31H,11-12H2,1-4H3,(H3,25,26,27,28,29,30,32). The summed E-state index contributed by atoms with van der Waals surface area (Å²) in [5.41, 5.74) is 6.02. The second-order valence-electron chi connectivity index (χ2n) is 7.64. The molecule has 0 radical (unpaired) electrons. The van der Waals surface area contributed by atoms with Crippen molar-refractivity contribution in [3.8, 4) is 5.75 Å². The van der Waals surface area contributed by atoms with E-state index < -0.39 is 0 Å². The fraction of sp³-hybridized carbons (Fsp3) is 0.250. The zero-order chi connectivity index (χ0) is 23.1. The molecular weight excluding hydrogens is 420 g/mol. The van der Waals surface area contributed by atoms with Crippen molar-refractivity contribution < 1.29 is 5.11 Å². The Labute approximate surface area is 194 Å². The number of phenolic OH excluding ortho intramolecular Hbond substituents is 1. The molecule has 4 N–H and O–H groups in total. The summed E-state index contributed by atoms with van der Waals surface area (Å²) in [6.45, 7) is 8.44. The number of aryl methyl sites for hydroxylation is 4. The van der Waals surface area contributed by atoms with Gasteiger partial charge >= 0.3 is 0 Å². The van der Waals surface area contributed by atoms with Gasteiger partial charge in [-0.25, -0.2) is 9.97 Å². The van der Waals surface area contributed by atoms with E-state index in [1.807, 2.05) is 51.1 Å². The number of guanidine groups is 1. The van der Waals surface area contributed by atoms with Crippen LogP contribution in [0.1, 0.15) is 28.1 Å². The van der Waals surface area contributed by atoms with E-state index in [1.165, 1.54) is 5.56 Å². The first-order valence-electron chi connectivity index (χ1n) is 10.4. The summed E-state index contributed by atoms with van der Waals surface area (Å²) in [6, 6.07) is 15.1. The molecule has 0 unspecified atom stereocenters. The Morgan fingerprint density at radius 1 is 0.938 bits per heavy atom. The number of benzene rings is 2. The van der Waals surface area contributed by atoms with Gasteiger partial charge in [0.1, 0.15) is 5.75 Å². The maximum absolute atomic E-state index is 9.45. The molecule has 3 aromatic rings. The van der Waals surface area contributed by atoms with Gasteiger partial charge in [-0.15, -0.1) is 0 Å². The molecule has 0 aliphatic rings. The summed E-state index contributed by atoms with van der Waals surface area (Å²) >= 11 is 5.52. The maximum Gasteiger partial charge on any atom is 0.229 e. The highest BCUT2D eigenvalue weighted by molar-refractivity contribution is 7.80. The summed E-state index contributed by atoms with van der Waals surface area (Å²) in [6.07, 6.45) is 0.706. The van der Waals surface area contributed by atoms with Crippen LogP contribution in [0, 0.1) is 27.7 Å².